The van der Waals surface area contributed by atoms with Gasteiger partial charge < -0.3 is 18.6 Å². The molecule has 1 fully saturated rings. The number of fused-ring (bicyclic) bond motifs is 1. The average Bonchev–Trinajstić information content (AvgIpc) is 3.24. The highest BCUT2D eigenvalue weighted by Gasteiger charge is 2.39. The molecule has 0 aliphatic carbocycles. The minimum Gasteiger partial charge on any atom is -0.465 e. The Kier molecular flexibility index (Phi) is 5.70. The standard InChI is InChI=1S/C21H20BrClFN3O4/c1-21(2)10-31-9-16(21)27-15-5-11(20(29)30-3)4-14(24)19(15)25-17(27)8-26-7-13(23)12(22)6-18(26)28/h4-7,16H,8-10H2,1-3H3/t16-/m1/s1. The first-order valence-electron chi connectivity index (χ1n) is 9.54. The Morgan fingerprint density at radius 1 is 1.42 bits per heavy atom. The van der Waals surface area contributed by atoms with Crippen molar-refractivity contribution in [2.24, 2.45) is 5.41 Å². The molecule has 0 N–H and O–H groups in total. The maximum atomic E-state index is 14.9. The van der Waals surface area contributed by atoms with E-state index >= 15 is 0 Å². The van der Waals surface area contributed by atoms with Crippen LogP contribution >= 0.6 is 27.5 Å². The van der Waals surface area contributed by atoms with Gasteiger partial charge in [-0.15, -0.1) is 0 Å². The molecule has 10 heteroatoms. The van der Waals surface area contributed by atoms with E-state index in [1.807, 2.05) is 18.4 Å². The number of imidazole rings is 1. The number of benzene rings is 1. The van der Waals surface area contributed by atoms with Gasteiger partial charge in [0.05, 0.1) is 49.0 Å². The SMILES string of the molecule is COC(=O)c1cc(F)c2nc(Cn3cc(Cl)c(Br)cc3=O)n([C@@H]3COCC3(C)C)c2c1. The number of carbonyl (C=O) groups excluding carboxylic acids is 1. The van der Waals surface area contributed by atoms with E-state index in [4.69, 9.17) is 21.1 Å². The van der Waals surface area contributed by atoms with Gasteiger partial charge in [0.1, 0.15) is 11.3 Å². The first-order valence-corrected chi connectivity index (χ1v) is 10.7. The topological polar surface area (TPSA) is 75.4 Å². The summed E-state index contributed by atoms with van der Waals surface area (Å²) in [5.74, 6) is -0.830. The van der Waals surface area contributed by atoms with Gasteiger partial charge in [0.25, 0.3) is 5.56 Å². The molecule has 31 heavy (non-hydrogen) atoms. The summed E-state index contributed by atoms with van der Waals surface area (Å²) in [6, 6.07) is 3.86. The number of esters is 1. The molecule has 0 bridgehead atoms. The van der Waals surface area contributed by atoms with Gasteiger partial charge >= 0.3 is 5.97 Å². The van der Waals surface area contributed by atoms with Crippen molar-refractivity contribution in [3.8, 4) is 0 Å². The molecular weight excluding hydrogens is 493 g/mol. The molecule has 1 aliphatic heterocycles. The molecule has 7 nitrogen and oxygen atoms in total. The second kappa shape index (κ2) is 8.03. The Morgan fingerprint density at radius 2 is 2.16 bits per heavy atom. The molecule has 1 aromatic carbocycles. The number of halogens is 3. The normalized spacial score (nSPS) is 17.9. The number of nitrogens with zero attached hydrogens (tertiary/aromatic N) is 3. The molecule has 0 radical (unpaired) electrons. The summed E-state index contributed by atoms with van der Waals surface area (Å²) in [5, 5.41) is 0.367. The molecule has 4 rings (SSSR count). The lowest BCUT2D eigenvalue weighted by atomic mass is 9.87. The van der Waals surface area contributed by atoms with Crippen molar-refractivity contribution in [2.75, 3.05) is 20.3 Å². The maximum absolute atomic E-state index is 14.9. The molecule has 1 saturated heterocycles. The molecule has 0 amide bonds. The van der Waals surface area contributed by atoms with Gasteiger partial charge in [0.15, 0.2) is 5.82 Å². The van der Waals surface area contributed by atoms with E-state index in [1.165, 1.54) is 23.9 Å². The van der Waals surface area contributed by atoms with E-state index in [9.17, 15) is 14.0 Å². The predicted molar refractivity (Wildman–Crippen MR) is 117 cm³/mol. The molecule has 1 atom stereocenters. The van der Waals surface area contributed by atoms with Crippen LogP contribution in [-0.2, 0) is 16.0 Å². The van der Waals surface area contributed by atoms with Crippen molar-refractivity contribution in [1.29, 1.82) is 0 Å². The Labute approximate surface area is 190 Å². The average molecular weight is 513 g/mol. The fourth-order valence-electron chi connectivity index (χ4n) is 3.87. The quantitative estimate of drug-likeness (QED) is 0.490. The highest BCUT2D eigenvalue weighted by molar-refractivity contribution is 9.10. The fourth-order valence-corrected chi connectivity index (χ4v) is 4.34. The third kappa shape index (κ3) is 3.90. The molecule has 3 aromatic rings. The maximum Gasteiger partial charge on any atom is 0.338 e. The van der Waals surface area contributed by atoms with Crippen LogP contribution in [0, 0.1) is 11.2 Å². The number of pyridine rings is 1. The molecule has 1 aliphatic rings. The van der Waals surface area contributed by atoms with Crippen molar-refractivity contribution in [2.45, 2.75) is 26.4 Å². The lowest BCUT2D eigenvalue weighted by Crippen LogP contribution is -2.28. The summed E-state index contributed by atoms with van der Waals surface area (Å²) in [6.07, 6.45) is 1.50. The molecule has 164 valence electrons. The fraction of sp³-hybridized carbons (Fsp3) is 0.381. The number of hydrogen-bond donors (Lipinski definition) is 0. The van der Waals surface area contributed by atoms with Crippen LogP contribution in [0.25, 0.3) is 11.0 Å². The monoisotopic (exact) mass is 511 g/mol. The first-order chi connectivity index (χ1) is 14.6. The molecule has 2 aromatic heterocycles. The number of rotatable bonds is 4. The number of ether oxygens (including phenoxy) is 2. The van der Waals surface area contributed by atoms with E-state index < -0.39 is 11.8 Å². The minimum absolute atomic E-state index is 0.0695. The van der Waals surface area contributed by atoms with Gasteiger partial charge in [-0.25, -0.2) is 14.2 Å². The van der Waals surface area contributed by atoms with E-state index in [1.54, 1.807) is 6.07 Å². The summed E-state index contributed by atoms with van der Waals surface area (Å²) < 4.78 is 29.2. The van der Waals surface area contributed by atoms with Crippen molar-refractivity contribution >= 4 is 44.5 Å². The second-order valence-electron chi connectivity index (χ2n) is 8.17. The summed E-state index contributed by atoms with van der Waals surface area (Å²) >= 11 is 9.41. The van der Waals surface area contributed by atoms with Crippen LogP contribution in [0.1, 0.15) is 36.1 Å². The van der Waals surface area contributed by atoms with Gasteiger partial charge in [-0.3, -0.25) is 4.79 Å². The summed E-state index contributed by atoms with van der Waals surface area (Å²) in [7, 11) is 1.24. The van der Waals surface area contributed by atoms with Crippen LogP contribution in [0.15, 0.2) is 33.7 Å². The van der Waals surface area contributed by atoms with Gasteiger partial charge in [-0.1, -0.05) is 25.4 Å². The second-order valence-corrected chi connectivity index (χ2v) is 9.43. The van der Waals surface area contributed by atoms with Gasteiger partial charge in [0, 0.05) is 22.2 Å². The first kappa shape index (κ1) is 22.0. The lowest BCUT2D eigenvalue weighted by molar-refractivity contribution is 0.0600. The van der Waals surface area contributed by atoms with Crippen molar-refractivity contribution in [1.82, 2.24) is 14.1 Å². The largest absolute Gasteiger partial charge is 0.465 e. The van der Waals surface area contributed by atoms with Crippen LogP contribution < -0.4 is 5.56 Å². The highest BCUT2D eigenvalue weighted by atomic mass is 79.9. The van der Waals surface area contributed by atoms with Crippen LogP contribution in [0.3, 0.4) is 0 Å². The minimum atomic E-state index is -0.645. The van der Waals surface area contributed by atoms with Crippen LogP contribution in [0.4, 0.5) is 4.39 Å². The number of methoxy groups -OCH3 is 1. The van der Waals surface area contributed by atoms with Crippen molar-refractivity contribution in [3.05, 3.63) is 61.5 Å². The van der Waals surface area contributed by atoms with Crippen LogP contribution in [0.2, 0.25) is 5.02 Å². The summed E-state index contributed by atoms with van der Waals surface area (Å²) in [5.41, 5.74) is 0.0766. The van der Waals surface area contributed by atoms with Crippen molar-refractivity contribution < 1.29 is 18.7 Å². The zero-order valence-electron chi connectivity index (χ0n) is 17.1. The smallest absolute Gasteiger partial charge is 0.338 e. The summed E-state index contributed by atoms with van der Waals surface area (Å²) in [6.45, 7) is 5.07. The van der Waals surface area contributed by atoms with E-state index in [0.717, 1.165) is 6.07 Å². The summed E-state index contributed by atoms with van der Waals surface area (Å²) in [4.78, 5) is 29.1. The third-order valence-electron chi connectivity index (χ3n) is 5.55. The molecule has 0 spiro atoms. The Balaban J connectivity index is 1.95. The van der Waals surface area contributed by atoms with Gasteiger partial charge in [-0.05, 0) is 28.1 Å². The Hall–Kier alpha value is -2.23. The van der Waals surface area contributed by atoms with E-state index in [2.05, 4.69) is 20.9 Å². The predicted octanol–water partition coefficient (Wildman–Crippen LogP) is 4.19. The van der Waals surface area contributed by atoms with Gasteiger partial charge in [-0.2, -0.15) is 0 Å². The zero-order chi connectivity index (χ0) is 22.5. The molecular formula is C21H20BrClFN3O4. The van der Waals surface area contributed by atoms with Crippen molar-refractivity contribution in [3.63, 3.8) is 0 Å². The highest BCUT2D eigenvalue weighted by Crippen LogP contribution is 2.40. The molecule has 3 heterocycles. The third-order valence-corrected chi connectivity index (χ3v) is 6.73. The van der Waals surface area contributed by atoms with Crippen LogP contribution in [-0.4, -0.2) is 40.4 Å². The van der Waals surface area contributed by atoms with Crippen LogP contribution in [0.5, 0.6) is 0 Å². The lowest BCUT2D eigenvalue weighted by Gasteiger charge is -2.28. The van der Waals surface area contributed by atoms with E-state index in [-0.39, 0.29) is 34.6 Å². The van der Waals surface area contributed by atoms with E-state index in [0.29, 0.717) is 34.1 Å². The number of carbonyl (C=O) groups is 1. The zero-order valence-corrected chi connectivity index (χ0v) is 19.5. The number of hydrogen-bond acceptors (Lipinski definition) is 5. The molecule has 0 unspecified atom stereocenters. The van der Waals surface area contributed by atoms with Gasteiger partial charge in [0.2, 0.25) is 0 Å². The molecule has 0 saturated carbocycles. The Morgan fingerprint density at radius 3 is 2.81 bits per heavy atom. The Bertz CT molecular complexity index is 1250. The number of aromatic nitrogens is 3.